The van der Waals surface area contributed by atoms with E-state index in [0.29, 0.717) is 17.1 Å². The van der Waals surface area contributed by atoms with Crippen LogP contribution in [0.15, 0.2) is 29.1 Å². The summed E-state index contributed by atoms with van der Waals surface area (Å²) in [6.07, 6.45) is 0. The van der Waals surface area contributed by atoms with Crippen LogP contribution in [0.3, 0.4) is 0 Å². The number of anilines is 2. The normalized spacial score (nSPS) is 12.3. The van der Waals surface area contributed by atoms with Crippen molar-refractivity contribution in [2.24, 2.45) is 0 Å². The van der Waals surface area contributed by atoms with Crippen LogP contribution in [-0.4, -0.2) is 28.6 Å². The van der Waals surface area contributed by atoms with E-state index in [2.05, 4.69) is 10.3 Å². The van der Waals surface area contributed by atoms with Crippen molar-refractivity contribution >= 4 is 34.6 Å². The Bertz CT molecular complexity index is 628. The molecule has 1 aromatic carbocycles. The number of carbonyl (C=O) groups is 2. The molecule has 2 aromatic rings. The third-order valence-electron chi connectivity index (χ3n) is 2.29. The number of amides is 1. The number of benzene rings is 1. The summed E-state index contributed by atoms with van der Waals surface area (Å²) in [7, 11) is 0. The monoisotopic (exact) mass is 293 g/mol. The molecule has 0 radical (unpaired) electrons. The standard InChI is InChI=1S/C8H8N2O2.C4H3NO2S/c9-5-1-2-7-6(3-5)10-8(11)4-12-7;6-4(7)3-1-8-2-5-3/h1-3H,4,9H2,(H,10,11);1-2H,(H,6,7). The van der Waals surface area contributed by atoms with Gasteiger partial charge in [0.15, 0.2) is 12.3 Å². The lowest BCUT2D eigenvalue weighted by Gasteiger charge is -2.17. The van der Waals surface area contributed by atoms with Gasteiger partial charge < -0.3 is 20.9 Å². The molecule has 1 aliphatic heterocycles. The first kappa shape index (κ1) is 13.8. The number of rotatable bonds is 1. The molecule has 0 bridgehead atoms. The van der Waals surface area contributed by atoms with Crippen LogP contribution in [0.5, 0.6) is 5.75 Å². The van der Waals surface area contributed by atoms with Gasteiger partial charge in [-0.05, 0) is 18.2 Å². The Balaban J connectivity index is 0.000000160. The Labute approximate surface area is 118 Å². The highest BCUT2D eigenvalue weighted by Gasteiger charge is 2.14. The minimum Gasteiger partial charge on any atom is -0.482 e. The van der Waals surface area contributed by atoms with Crippen molar-refractivity contribution in [2.75, 3.05) is 17.7 Å². The Hall–Kier alpha value is -2.61. The summed E-state index contributed by atoms with van der Waals surface area (Å²) in [4.78, 5) is 24.4. The van der Waals surface area contributed by atoms with E-state index < -0.39 is 5.97 Å². The first-order valence-electron chi connectivity index (χ1n) is 5.50. The maximum absolute atomic E-state index is 10.9. The van der Waals surface area contributed by atoms with Gasteiger partial charge in [-0.3, -0.25) is 4.79 Å². The molecule has 4 N–H and O–H groups in total. The largest absolute Gasteiger partial charge is 0.482 e. The van der Waals surface area contributed by atoms with Crippen LogP contribution < -0.4 is 15.8 Å². The molecule has 0 atom stereocenters. The molecule has 0 saturated carbocycles. The average Bonchev–Trinajstić information content (AvgIpc) is 2.93. The fourth-order valence-electron chi connectivity index (χ4n) is 1.42. The number of hydrogen-bond acceptors (Lipinski definition) is 6. The van der Waals surface area contributed by atoms with Crippen molar-refractivity contribution in [1.82, 2.24) is 4.98 Å². The highest BCUT2D eigenvalue weighted by Crippen LogP contribution is 2.28. The summed E-state index contributed by atoms with van der Waals surface area (Å²) >= 11 is 1.28. The number of aromatic carboxylic acids is 1. The number of carboxylic acids is 1. The Kier molecular flexibility index (Phi) is 4.16. The molecule has 8 heteroatoms. The van der Waals surface area contributed by atoms with Gasteiger partial charge in [0.2, 0.25) is 0 Å². The van der Waals surface area contributed by atoms with E-state index in [9.17, 15) is 9.59 Å². The molecule has 0 spiro atoms. The van der Waals surface area contributed by atoms with Crippen molar-refractivity contribution in [3.8, 4) is 5.75 Å². The molecule has 20 heavy (non-hydrogen) atoms. The summed E-state index contributed by atoms with van der Waals surface area (Å²) in [5.74, 6) is -0.442. The number of carbonyl (C=O) groups excluding carboxylic acids is 1. The summed E-state index contributed by atoms with van der Waals surface area (Å²) in [5, 5.41) is 12.4. The Morgan fingerprint density at radius 3 is 2.90 bits per heavy atom. The van der Waals surface area contributed by atoms with Gasteiger partial charge in [0.25, 0.3) is 5.91 Å². The number of carboxylic acid groups (broad SMARTS) is 1. The first-order valence-corrected chi connectivity index (χ1v) is 6.44. The number of fused-ring (bicyclic) bond motifs is 1. The SMILES string of the molecule is Nc1ccc2c(c1)NC(=O)CO2.O=C(O)c1cscn1. The highest BCUT2D eigenvalue weighted by atomic mass is 32.1. The van der Waals surface area contributed by atoms with E-state index in [0.717, 1.165) is 0 Å². The summed E-state index contributed by atoms with van der Waals surface area (Å²) in [6, 6.07) is 5.15. The molecular formula is C12H11N3O4S. The van der Waals surface area contributed by atoms with E-state index in [1.54, 1.807) is 18.2 Å². The fraction of sp³-hybridized carbons (Fsp3) is 0.0833. The van der Waals surface area contributed by atoms with E-state index in [4.69, 9.17) is 15.6 Å². The van der Waals surface area contributed by atoms with Crippen molar-refractivity contribution in [3.05, 3.63) is 34.8 Å². The second-order valence-electron chi connectivity index (χ2n) is 3.77. The lowest BCUT2D eigenvalue weighted by Crippen LogP contribution is -2.25. The third-order valence-corrected chi connectivity index (χ3v) is 2.87. The van der Waals surface area contributed by atoms with Gasteiger partial charge in [-0.15, -0.1) is 11.3 Å². The lowest BCUT2D eigenvalue weighted by molar-refractivity contribution is -0.118. The zero-order valence-electron chi connectivity index (χ0n) is 10.2. The topological polar surface area (TPSA) is 115 Å². The molecule has 1 amide bonds. The molecule has 1 aromatic heterocycles. The average molecular weight is 293 g/mol. The Morgan fingerprint density at radius 2 is 2.30 bits per heavy atom. The predicted octanol–water partition coefficient (Wildman–Crippen LogP) is 1.44. The number of nitrogens with two attached hydrogens (primary N) is 1. The van der Waals surface area contributed by atoms with Gasteiger partial charge in [-0.1, -0.05) is 0 Å². The molecule has 2 heterocycles. The maximum Gasteiger partial charge on any atom is 0.355 e. The zero-order valence-corrected chi connectivity index (χ0v) is 11.0. The minimum atomic E-state index is -0.966. The second kappa shape index (κ2) is 6.02. The van der Waals surface area contributed by atoms with Crippen LogP contribution in [0.1, 0.15) is 10.5 Å². The van der Waals surface area contributed by atoms with E-state index in [1.807, 2.05) is 0 Å². The summed E-state index contributed by atoms with van der Waals surface area (Å²) < 4.78 is 5.12. The minimum absolute atomic E-state index is 0.0803. The summed E-state index contributed by atoms with van der Waals surface area (Å²) in [5.41, 5.74) is 8.39. The van der Waals surface area contributed by atoms with Crippen LogP contribution >= 0.6 is 11.3 Å². The molecular weight excluding hydrogens is 282 g/mol. The molecule has 0 aliphatic carbocycles. The first-order chi connectivity index (χ1) is 9.56. The molecule has 0 saturated heterocycles. The van der Waals surface area contributed by atoms with Gasteiger partial charge in [-0.2, -0.15) is 0 Å². The van der Waals surface area contributed by atoms with Crippen molar-refractivity contribution in [2.45, 2.75) is 0 Å². The van der Waals surface area contributed by atoms with Gasteiger partial charge in [0, 0.05) is 11.1 Å². The molecule has 0 fully saturated rings. The molecule has 3 rings (SSSR count). The van der Waals surface area contributed by atoms with Crippen LogP contribution in [0.4, 0.5) is 11.4 Å². The molecule has 1 aliphatic rings. The maximum atomic E-state index is 10.9. The van der Waals surface area contributed by atoms with Crippen molar-refractivity contribution < 1.29 is 19.4 Å². The fourth-order valence-corrected chi connectivity index (χ4v) is 1.94. The number of nitrogens with zero attached hydrogens (tertiary/aromatic N) is 1. The van der Waals surface area contributed by atoms with Crippen molar-refractivity contribution in [3.63, 3.8) is 0 Å². The van der Waals surface area contributed by atoms with Gasteiger partial charge >= 0.3 is 5.97 Å². The summed E-state index contributed by atoms with van der Waals surface area (Å²) in [6.45, 7) is 0.0803. The number of hydrogen-bond donors (Lipinski definition) is 3. The van der Waals surface area contributed by atoms with E-state index in [-0.39, 0.29) is 18.2 Å². The van der Waals surface area contributed by atoms with Gasteiger partial charge in [0.1, 0.15) is 5.75 Å². The number of thiazole rings is 1. The molecule has 7 nitrogen and oxygen atoms in total. The lowest BCUT2D eigenvalue weighted by atomic mass is 10.2. The number of nitrogens with one attached hydrogen (secondary N) is 1. The zero-order chi connectivity index (χ0) is 14.5. The quantitative estimate of drug-likeness (QED) is 0.685. The highest BCUT2D eigenvalue weighted by molar-refractivity contribution is 7.07. The van der Waals surface area contributed by atoms with Crippen LogP contribution in [0, 0.1) is 0 Å². The second-order valence-corrected chi connectivity index (χ2v) is 4.49. The Morgan fingerprint density at radius 1 is 1.50 bits per heavy atom. The van der Waals surface area contributed by atoms with Crippen LogP contribution in [0.2, 0.25) is 0 Å². The molecule has 0 unspecified atom stereocenters. The third kappa shape index (κ3) is 3.45. The van der Waals surface area contributed by atoms with Crippen LogP contribution in [0.25, 0.3) is 0 Å². The van der Waals surface area contributed by atoms with E-state index >= 15 is 0 Å². The predicted molar refractivity (Wildman–Crippen MR) is 74.1 cm³/mol. The molecule has 104 valence electrons. The van der Waals surface area contributed by atoms with Crippen LogP contribution in [-0.2, 0) is 4.79 Å². The smallest absolute Gasteiger partial charge is 0.355 e. The van der Waals surface area contributed by atoms with Gasteiger partial charge in [0.05, 0.1) is 11.2 Å². The van der Waals surface area contributed by atoms with E-state index in [1.165, 1.54) is 22.2 Å². The van der Waals surface area contributed by atoms with Crippen molar-refractivity contribution in [1.29, 1.82) is 0 Å². The van der Waals surface area contributed by atoms with Gasteiger partial charge in [-0.25, -0.2) is 9.78 Å². The number of aromatic nitrogens is 1. The number of ether oxygens (including phenoxy) is 1. The number of nitrogen functional groups attached to an aromatic ring is 1.